The maximum absolute atomic E-state index is 11.9. The monoisotopic (exact) mass is 870 g/mol. The molecule has 12 heteroatoms. The number of pyridine rings is 2. The Morgan fingerprint density at radius 2 is 1.09 bits per heavy atom. The summed E-state index contributed by atoms with van der Waals surface area (Å²) in [6.07, 6.45) is 7.62. The van der Waals surface area contributed by atoms with E-state index in [9.17, 15) is 20.1 Å². The van der Waals surface area contributed by atoms with Crippen LogP contribution in [0.3, 0.4) is 0 Å². The second-order valence-electron chi connectivity index (χ2n) is 12.6. The molecule has 0 N–H and O–H groups in total. The molecule has 0 saturated heterocycles. The fraction of sp³-hybridized carbons (Fsp3) is 0.136. The highest BCUT2D eigenvalue weighted by molar-refractivity contribution is 9.10. The summed E-state index contributed by atoms with van der Waals surface area (Å²) in [4.78, 5) is 31.9. The molecule has 0 aliphatic carbocycles. The van der Waals surface area contributed by atoms with E-state index in [-0.39, 0.29) is 26.4 Å². The Balaban J connectivity index is 1.16. The zero-order chi connectivity index (χ0) is 39.6. The molecular formula is C44H32Br2N4O6. The van der Waals surface area contributed by atoms with Crippen LogP contribution in [0.25, 0.3) is 11.1 Å². The van der Waals surface area contributed by atoms with Gasteiger partial charge in [0.1, 0.15) is 61.6 Å². The van der Waals surface area contributed by atoms with Crippen molar-refractivity contribution in [1.29, 1.82) is 10.5 Å². The highest BCUT2D eigenvalue weighted by atomic mass is 79.9. The summed E-state index contributed by atoms with van der Waals surface area (Å²) in [6.45, 7) is 4.75. The normalized spacial score (nSPS) is 10.5. The second kappa shape index (κ2) is 18.3. The molecule has 0 unspecified atom stereocenters. The predicted molar refractivity (Wildman–Crippen MR) is 216 cm³/mol. The number of nitrogens with zero attached hydrogens (tertiary/aromatic N) is 4. The summed E-state index contributed by atoms with van der Waals surface area (Å²) in [7, 11) is 0. The average Bonchev–Trinajstić information content (AvgIpc) is 3.22. The summed E-state index contributed by atoms with van der Waals surface area (Å²) in [6, 6.07) is 26.2. The molecule has 0 atom stereocenters. The summed E-state index contributed by atoms with van der Waals surface area (Å²) in [5, 5.41) is 18.4. The summed E-state index contributed by atoms with van der Waals surface area (Å²) >= 11 is 7.11. The number of hydrogen-bond acceptors (Lipinski definition) is 10. The Bertz CT molecular complexity index is 2350. The molecule has 4 aromatic carbocycles. The van der Waals surface area contributed by atoms with Crippen LogP contribution >= 0.6 is 31.9 Å². The highest BCUT2D eigenvalue weighted by Gasteiger charge is 2.16. The molecular weight excluding hydrogens is 840 g/mol. The SMILES string of the molecule is Cc1c(COc2cc(OCc3cncc(C#N)c3)c(C=O)cc2Br)cccc1-c1cccc(OCc2cc(OCc3cncc(C#N)c3)c(C=O)cc2Br)c1C. The van der Waals surface area contributed by atoms with Crippen LogP contribution in [-0.2, 0) is 26.4 Å². The molecule has 278 valence electrons. The van der Waals surface area contributed by atoms with Crippen LogP contribution in [0.15, 0.2) is 107 Å². The van der Waals surface area contributed by atoms with Crippen molar-refractivity contribution in [3.63, 3.8) is 0 Å². The van der Waals surface area contributed by atoms with Crippen LogP contribution in [0.2, 0.25) is 0 Å². The summed E-state index contributed by atoms with van der Waals surface area (Å²) < 4.78 is 25.9. The van der Waals surface area contributed by atoms with Crippen LogP contribution in [0.1, 0.15) is 65.2 Å². The Morgan fingerprint density at radius 3 is 1.70 bits per heavy atom. The topological polar surface area (TPSA) is 144 Å². The minimum atomic E-state index is 0.116. The van der Waals surface area contributed by atoms with E-state index >= 15 is 0 Å². The van der Waals surface area contributed by atoms with Gasteiger partial charge in [-0.3, -0.25) is 19.6 Å². The van der Waals surface area contributed by atoms with E-state index in [2.05, 4.69) is 60.0 Å². The summed E-state index contributed by atoms with van der Waals surface area (Å²) in [5.74, 6) is 1.92. The molecule has 0 spiro atoms. The van der Waals surface area contributed by atoms with E-state index in [1.165, 1.54) is 12.4 Å². The van der Waals surface area contributed by atoms with Crippen molar-refractivity contribution in [2.45, 2.75) is 40.3 Å². The van der Waals surface area contributed by atoms with Gasteiger partial charge in [-0.1, -0.05) is 46.3 Å². The molecule has 2 heterocycles. The first kappa shape index (κ1) is 39.4. The van der Waals surface area contributed by atoms with Crippen molar-refractivity contribution in [3.05, 3.63) is 162 Å². The number of carbonyl (C=O) groups excluding carboxylic acids is 2. The number of nitriles is 2. The first-order chi connectivity index (χ1) is 27.2. The molecule has 6 rings (SSSR count). The lowest BCUT2D eigenvalue weighted by Crippen LogP contribution is -2.04. The van der Waals surface area contributed by atoms with E-state index in [0.29, 0.717) is 71.6 Å². The lowest BCUT2D eigenvalue weighted by Gasteiger charge is -2.18. The Morgan fingerprint density at radius 1 is 0.571 bits per heavy atom. The van der Waals surface area contributed by atoms with Crippen LogP contribution in [0.4, 0.5) is 0 Å². The number of aldehydes is 2. The fourth-order valence-corrected chi connectivity index (χ4v) is 6.85. The van der Waals surface area contributed by atoms with E-state index < -0.39 is 0 Å². The van der Waals surface area contributed by atoms with Gasteiger partial charge in [0, 0.05) is 52.0 Å². The third kappa shape index (κ3) is 9.29. The van der Waals surface area contributed by atoms with Gasteiger partial charge in [-0.2, -0.15) is 10.5 Å². The first-order valence-electron chi connectivity index (χ1n) is 17.1. The van der Waals surface area contributed by atoms with Crippen molar-refractivity contribution in [1.82, 2.24) is 9.97 Å². The van der Waals surface area contributed by atoms with E-state index in [4.69, 9.17) is 18.9 Å². The Labute approximate surface area is 340 Å². The number of benzene rings is 4. The molecule has 6 aromatic rings. The van der Waals surface area contributed by atoms with Gasteiger partial charge < -0.3 is 18.9 Å². The van der Waals surface area contributed by atoms with Gasteiger partial charge in [-0.15, -0.1) is 0 Å². The quantitative estimate of drug-likeness (QED) is 0.0915. The molecule has 10 nitrogen and oxygen atoms in total. The molecule has 56 heavy (non-hydrogen) atoms. The van der Waals surface area contributed by atoms with Crippen molar-refractivity contribution in [2.75, 3.05) is 0 Å². The van der Waals surface area contributed by atoms with Crippen LogP contribution in [0.5, 0.6) is 23.0 Å². The highest BCUT2D eigenvalue weighted by Crippen LogP contribution is 2.37. The maximum atomic E-state index is 11.9. The van der Waals surface area contributed by atoms with Crippen molar-refractivity contribution in [3.8, 4) is 46.3 Å². The lowest BCUT2D eigenvalue weighted by atomic mass is 9.93. The van der Waals surface area contributed by atoms with E-state index in [1.807, 2.05) is 44.2 Å². The van der Waals surface area contributed by atoms with Crippen LogP contribution in [0, 0.1) is 36.5 Å². The van der Waals surface area contributed by atoms with Gasteiger partial charge in [0.05, 0.1) is 26.7 Å². The number of rotatable bonds is 15. The second-order valence-corrected chi connectivity index (χ2v) is 14.3. The van der Waals surface area contributed by atoms with Gasteiger partial charge >= 0.3 is 0 Å². The van der Waals surface area contributed by atoms with Gasteiger partial charge in [0.15, 0.2) is 12.6 Å². The number of ether oxygens (including phenoxy) is 4. The van der Waals surface area contributed by atoms with Gasteiger partial charge in [-0.25, -0.2) is 0 Å². The van der Waals surface area contributed by atoms with Gasteiger partial charge in [-0.05, 0) is 94.0 Å². The molecule has 0 aliphatic rings. The minimum Gasteiger partial charge on any atom is -0.489 e. The van der Waals surface area contributed by atoms with Crippen molar-refractivity contribution < 1.29 is 28.5 Å². The van der Waals surface area contributed by atoms with E-state index in [1.54, 1.807) is 48.8 Å². The first-order valence-corrected chi connectivity index (χ1v) is 18.7. The van der Waals surface area contributed by atoms with Crippen molar-refractivity contribution in [2.24, 2.45) is 0 Å². The third-order valence-corrected chi connectivity index (χ3v) is 10.3. The lowest BCUT2D eigenvalue weighted by molar-refractivity contribution is 0.111. The average molecular weight is 873 g/mol. The molecule has 0 fully saturated rings. The molecule has 0 aliphatic heterocycles. The maximum Gasteiger partial charge on any atom is 0.153 e. The predicted octanol–water partition coefficient (Wildman–Crippen LogP) is 9.97. The van der Waals surface area contributed by atoms with E-state index in [0.717, 1.165) is 39.7 Å². The van der Waals surface area contributed by atoms with Crippen LogP contribution in [-0.4, -0.2) is 22.5 Å². The zero-order valence-electron chi connectivity index (χ0n) is 30.2. The zero-order valence-corrected chi connectivity index (χ0v) is 33.4. The Hall–Kier alpha value is -6.34. The number of carbonyl (C=O) groups is 2. The minimum absolute atomic E-state index is 0.116. The smallest absolute Gasteiger partial charge is 0.153 e. The summed E-state index contributed by atoms with van der Waals surface area (Å²) in [5.41, 5.74) is 8.68. The number of aromatic nitrogens is 2. The largest absolute Gasteiger partial charge is 0.489 e. The molecule has 0 saturated carbocycles. The molecule has 0 radical (unpaired) electrons. The number of hydrogen-bond donors (Lipinski definition) is 0. The van der Waals surface area contributed by atoms with Crippen LogP contribution < -0.4 is 18.9 Å². The molecule has 0 bridgehead atoms. The van der Waals surface area contributed by atoms with Crippen molar-refractivity contribution >= 4 is 44.4 Å². The fourth-order valence-electron chi connectivity index (χ4n) is 5.90. The standard InChI is InChI=1S/C44H32Br2N4O6/c1-27-33(25-56-44-14-43(35(22-52)12-40(44)46)54-24-32-10-30(16-48)18-50-20-32)5-3-6-37(27)38-7-4-8-41(28(38)2)55-26-36-13-42(34(21-51)11-39(36)45)53-23-31-9-29(15-47)17-49-19-31/h3-14,17-22H,23-26H2,1-2H3. The molecule has 0 amide bonds. The Kier molecular flexibility index (Phi) is 12.9. The third-order valence-electron chi connectivity index (χ3n) is 8.92. The molecule has 2 aromatic heterocycles. The number of halogens is 2. The van der Waals surface area contributed by atoms with Gasteiger partial charge in [0.2, 0.25) is 0 Å². The van der Waals surface area contributed by atoms with Gasteiger partial charge in [0.25, 0.3) is 0 Å².